The summed E-state index contributed by atoms with van der Waals surface area (Å²) < 4.78 is 7.21. The van der Waals surface area contributed by atoms with Crippen LogP contribution in [0.2, 0.25) is 0 Å². The number of likely N-dealkylation sites (tertiary alicyclic amines) is 1. The average molecular weight is 463 g/mol. The minimum absolute atomic E-state index is 0.000406. The number of carbonyl (C=O) groups is 2. The maximum Gasteiger partial charge on any atom is 0.352 e. The fraction of sp³-hybridized carbons (Fsp3) is 0.320. The van der Waals surface area contributed by atoms with Crippen molar-refractivity contribution in [3.05, 3.63) is 92.8 Å². The van der Waals surface area contributed by atoms with E-state index in [9.17, 15) is 19.2 Å². The van der Waals surface area contributed by atoms with Crippen molar-refractivity contribution in [1.82, 2.24) is 19.2 Å². The monoisotopic (exact) mass is 462 g/mol. The van der Waals surface area contributed by atoms with E-state index in [1.807, 2.05) is 18.2 Å². The van der Waals surface area contributed by atoms with E-state index in [1.54, 1.807) is 49.4 Å². The quantitative estimate of drug-likeness (QED) is 0.518. The molecule has 0 bridgehead atoms. The fourth-order valence-electron chi connectivity index (χ4n) is 4.06. The Morgan fingerprint density at radius 1 is 1.03 bits per heavy atom. The summed E-state index contributed by atoms with van der Waals surface area (Å²) in [5.41, 5.74) is -0.578. The first-order valence-corrected chi connectivity index (χ1v) is 11.3. The second kappa shape index (κ2) is 10.3. The number of amides is 1. The Morgan fingerprint density at radius 3 is 2.38 bits per heavy atom. The minimum atomic E-state index is -0.760. The zero-order valence-corrected chi connectivity index (χ0v) is 18.9. The largest absolute Gasteiger partial charge is 0.466 e. The van der Waals surface area contributed by atoms with Crippen LogP contribution in [0.15, 0.2) is 70.3 Å². The number of ether oxygens (including phenoxy) is 1. The number of carbonyl (C=O) groups excluding carboxylic acids is 2. The molecule has 176 valence electrons. The Hall–Kier alpha value is -4.01. The van der Waals surface area contributed by atoms with Gasteiger partial charge in [0.15, 0.2) is 0 Å². The number of para-hydroxylation sites is 1. The van der Waals surface area contributed by atoms with Gasteiger partial charge in [0.05, 0.1) is 24.8 Å². The van der Waals surface area contributed by atoms with E-state index in [0.29, 0.717) is 25.1 Å². The van der Waals surface area contributed by atoms with Crippen LogP contribution in [0.1, 0.15) is 35.8 Å². The fourth-order valence-corrected chi connectivity index (χ4v) is 4.06. The van der Waals surface area contributed by atoms with Crippen molar-refractivity contribution in [1.29, 1.82) is 0 Å². The highest BCUT2D eigenvalue weighted by Crippen LogP contribution is 2.19. The molecule has 0 spiro atoms. The van der Waals surface area contributed by atoms with Crippen molar-refractivity contribution in [3.8, 4) is 5.69 Å². The summed E-state index contributed by atoms with van der Waals surface area (Å²) >= 11 is 0. The zero-order valence-electron chi connectivity index (χ0n) is 18.9. The molecular weight excluding hydrogens is 436 g/mol. The molecule has 3 aromatic rings. The molecule has 1 amide bonds. The van der Waals surface area contributed by atoms with Gasteiger partial charge in [-0.3, -0.25) is 19.0 Å². The van der Waals surface area contributed by atoms with Gasteiger partial charge in [0.25, 0.3) is 11.5 Å². The molecule has 1 aromatic heterocycles. The van der Waals surface area contributed by atoms with E-state index in [4.69, 9.17) is 4.74 Å². The smallest absolute Gasteiger partial charge is 0.352 e. The highest BCUT2D eigenvalue weighted by atomic mass is 16.5. The van der Waals surface area contributed by atoms with Gasteiger partial charge in [0.2, 0.25) is 5.69 Å². The summed E-state index contributed by atoms with van der Waals surface area (Å²) in [5.74, 6) is -1.42. The normalized spacial score (nSPS) is 15.7. The summed E-state index contributed by atoms with van der Waals surface area (Å²) in [6.45, 7) is 2.52. The van der Waals surface area contributed by atoms with Gasteiger partial charge in [0, 0.05) is 13.1 Å². The van der Waals surface area contributed by atoms with Crippen molar-refractivity contribution in [2.45, 2.75) is 26.3 Å². The number of hydrogen-bond donors (Lipinski definition) is 0. The number of rotatable bonds is 6. The standard InChI is InChI=1S/C25H26N4O5/c1-2-34-24(32)19-12-9-15-27(17-19)22(30)21-23(31)28(16-18-10-5-3-6-11-18)25(33)29(26-21)20-13-7-4-8-14-20/h3-8,10-11,13-14,19H,2,9,12,15-17H2,1H3/t19-/m1/s1. The number of nitrogens with zero attached hydrogens (tertiary/aromatic N) is 4. The van der Waals surface area contributed by atoms with Crippen LogP contribution < -0.4 is 11.2 Å². The van der Waals surface area contributed by atoms with E-state index < -0.39 is 23.1 Å². The first-order valence-electron chi connectivity index (χ1n) is 11.3. The van der Waals surface area contributed by atoms with Gasteiger partial charge in [-0.15, -0.1) is 0 Å². The third-order valence-corrected chi connectivity index (χ3v) is 5.78. The molecule has 9 heteroatoms. The molecule has 1 atom stereocenters. The SMILES string of the molecule is CCOC(=O)[C@@H]1CCCN(C(=O)c2nn(-c3ccccc3)c(=O)n(Cc3ccccc3)c2=O)C1. The third kappa shape index (κ3) is 4.83. The van der Waals surface area contributed by atoms with Crippen LogP contribution >= 0.6 is 0 Å². The van der Waals surface area contributed by atoms with Crippen LogP contribution in [0, 0.1) is 5.92 Å². The number of benzene rings is 2. The Morgan fingerprint density at radius 2 is 1.71 bits per heavy atom. The van der Waals surface area contributed by atoms with Gasteiger partial charge in [-0.05, 0) is 37.5 Å². The predicted molar refractivity (Wildman–Crippen MR) is 125 cm³/mol. The van der Waals surface area contributed by atoms with Crippen LogP contribution in [0.3, 0.4) is 0 Å². The molecule has 1 aliphatic heterocycles. The average Bonchev–Trinajstić information content (AvgIpc) is 2.87. The lowest BCUT2D eigenvalue weighted by molar-refractivity contribution is -0.149. The van der Waals surface area contributed by atoms with Crippen molar-refractivity contribution < 1.29 is 14.3 Å². The van der Waals surface area contributed by atoms with Crippen molar-refractivity contribution in [3.63, 3.8) is 0 Å². The van der Waals surface area contributed by atoms with Crippen LogP contribution in [0.4, 0.5) is 0 Å². The van der Waals surface area contributed by atoms with E-state index >= 15 is 0 Å². The number of piperidine rings is 1. The van der Waals surface area contributed by atoms with Crippen molar-refractivity contribution in [2.24, 2.45) is 5.92 Å². The summed E-state index contributed by atoms with van der Waals surface area (Å²) in [5, 5.41) is 4.19. The van der Waals surface area contributed by atoms with Crippen LogP contribution in [-0.4, -0.2) is 50.8 Å². The molecule has 1 fully saturated rings. The Labute approximate surface area is 196 Å². The molecule has 2 heterocycles. The molecule has 0 aliphatic carbocycles. The summed E-state index contributed by atoms with van der Waals surface area (Å²) in [6.07, 6.45) is 1.21. The Balaban J connectivity index is 1.76. The summed E-state index contributed by atoms with van der Waals surface area (Å²) in [4.78, 5) is 53.7. The molecular formula is C25H26N4O5. The van der Waals surface area contributed by atoms with E-state index in [2.05, 4.69) is 5.10 Å². The summed E-state index contributed by atoms with van der Waals surface area (Å²) in [6, 6.07) is 17.7. The zero-order chi connectivity index (χ0) is 24.1. The molecule has 1 aliphatic rings. The van der Waals surface area contributed by atoms with Crippen molar-refractivity contribution in [2.75, 3.05) is 19.7 Å². The third-order valence-electron chi connectivity index (χ3n) is 5.78. The highest BCUT2D eigenvalue weighted by molar-refractivity contribution is 5.92. The highest BCUT2D eigenvalue weighted by Gasteiger charge is 2.32. The van der Waals surface area contributed by atoms with Gasteiger partial charge < -0.3 is 9.64 Å². The first-order chi connectivity index (χ1) is 16.5. The predicted octanol–water partition coefficient (Wildman–Crippen LogP) is 1.86. The van der Waals surface area contributed by atoms with Crippen molar-refractivity contribution >= 4 is 11.9 Å². The van der Waals surface area contributed by atoms with E-state index in [1.165, 1.54) is 4.90 Å². The molecule has 2 aromatic carbocycles. The maximum atomic E-state index is 13.4. The summed E-state index contributed by atoms with van der Waals surface area (Å²) in [7, 11) is 0. The lowest BCUT2D eigenvalue weighted by Gasteiger charge is -2.31. The van der Waals surface area contributed by atoms with Crippen LogP contribution in [0.5, 0.6) is 0 Å². The topological polar surface area (TPSA) is 104 Å². The van der Waals surface area contributed by atoms with Gasteiger partial charge >= 0.3 is 11.7 Å². The molecule has 0 saturated carbocycles. The molecule has 9 nitrogen and oxygen atoms in total. The van der Waals surface area contributed by atoms with Gasteiger partial charge in [-0.25, -0.2) is 4.79 Å². The van der Waals surface area contributed by atoms with Gasteiger partial charge in [-0.1, -0.05) is 48.5 Å². The molecule has 1 saturated heterocycles. The molecule has 0 unspecified atom stereocenters. The number of aromatic nitrogens is 3. The molecule has 34 heavy (non-hydrogen) atoms. The lowest BCUT2D eigenvalue weighted by atomic mass is 9.98. The molecule has 0 N–H and O–H groups in total. The second-order valence-electron chi connectivity index (χ2n) is 8.10. The Bertz CT molecular complexity index is 1280. The van der Waals surface area contributed by atoms with E-state index in [0.717, 1.165) is 14.8 Å². The Kier molecular flexibility index (Phi) is 7.01. The molecule has 0 radical (unpaired) electrons. The number of hydrogen-bond acceptors (Lipinski definition) is 6. The number of esters is 1. The first kappa shape index (κ1) is 23.2. The maximum absolute atomic E-state index is 13.4. The van der Waals surface area contributed by atoms with Gasteiger partial charge in [0.1, 0.15) is 0 Å². The van der Waals surface area contributed by atoms with E-state index in [-0.39, 0.29) is 31.4 Å². The second-order valence-corrected chi connectivity index (χ2v) is 8.10. The van der Waals surface area contributed by atoms with Gasteiger partial charge in [-0.2, -0.15) is 9.78 Å². The minimum Gasteiger partial charge on any atom is -0.466 e. The van der Waals surface area contributed by atoms with Crippen LogP contribution in [-0.2, 0) is 16.1 Å². The lowest BCUT2D eigenvalue weighted by Crippen LogP contribution is -2.49. The molecule has 4 rings (SSSR count). The van der Waals surface area contributed by atoms with Crippen LogP contribution in [0.25, 0.3) is 5.69 Å².